The van der Waals surface area contributed by atoms with Gasteiger partial charge in [-0.2, -0.15) is 4.31 Å². The number of carbonyl (C=O) groups excluding carboxylic acids is 1. The van der Waals surface area contributed by atoms with E-state index < -0.39 is 10.0 Å². The van der Waals surface area contributed by atoms with Crippen molar-refractivity contribution < 1.29 is 17.9 Å². The lowest BCUT2D eigenvalue weighted by molar-refractivity contribution is -0.137. The average molecular weight is 426 g/mol. The molecule has 1 atom stereocenters. The summed E-state index contributed by atoms with van der Waals surface area (Å²) in [4.78, 5) is 11.6. The Hall–Kier alpha value is -1.54. The highest BCUT2D eigenvalue weighted by Gasteiger charge is 2.33. The van der Waals surface area contributed by atoms with Gasteiger partial charge in [-0.15, -0.1) is 11.8 Å². The zero-order valence-corrected chi connectivity index (χ0v) is 17.2. The highest BCUT2D eigenvalue weighted by molar-refractivity contribution is 8.00. The molecule has 0 aliphatic carbocycles. The van der Waals surface area contributed by atoms with E-state index in [0.717, 1.165) is 17.5 Å². The maximum absolute atomic E-state index is 13.0. The van der Waals surface area contributed by atoms with Crippen LogP contribution in [0, 0.1) is 0 Å². The molecule has 2 aromatic rings. The van der Waals surface area contributed by atoms with Gasteiger partial charge in [-0.25, -0.2) is 8.42 Å². The normalized spacial score (nSPS) is 17.8. The summed E-state index contributed by atoms with van der Waals surface area (Å²) in [5.74, 6) is -0.0573. The van der Waals surface area contributed by atoms with E-state index in [1.165, 1.54) is 23.2 Å². The number of methoxy groups -OCH3 is 1. The van der Waals surface area contributed by atoms with Crippen LogP contribution in [0.3, 0.4) is 0 Å². The third-order valence-corrected chi connectivity index (χ3v) is 7.79. The Morgan fingerprint density at radius 1 is 1.22 bits per heavy atom. The Kier molecular flexibility index (Phi) is 6.47. The second-order valence-corrected chi connectivity index (χ2v) is 9.86. The maximum Gasteiger partial charge on any atom is 0.315 e. The molecular weight excluding hydrogens is 406 g/mol. The monoisotopic (exact) mass is 425 g/mol. The van der Waals surface area contributed by atoms with Crippen molar-refractivity contribution in [2.45, 2.75) is 16.6 Å². The molecule has 1 heterocycles. The average Bonchev–Trinajstić information content (AvgIpc) is 3.16. The molecule has 1 saturated heterocycles. The Morgan fingerprint density at radius 2 is 1.96 bits per heavy atom. The molecule has 0 spiro atoms. The minimum atomic E-state index is -3.58. The molecule has 0 radical (unpaired) electrons. The molecule has 0 N–H and O–H groups in total. The Labute approximate surface area is 168 Å². The first-order chi connectivity index (χ1) is 12.9. The fraction of sp³-hybridized carbons (Fsp3) is 0.316. The molecule has 144 valence electrons. The number of rotatable bonds is 6. The van der Waals surface area contributed by atoms with Gasteiger partial charge >= 0.3 is 5.97 Å². The molecule has 0 bridgehead atoms. The van der Waals surface area contributed by atoms with E-state index in [0.29, 0.717) is 18.1 Å². The zero-order chi connectivity index (χ0) is 19.4. The van der Waals surface area contributed by atoms with E-state index in [9.17, 15) is 13.2 Å². The molecule has 0 amide bonds. The smallest absolute Gasteiger partial charge is 0.315 e. The van der Waals surface area contributed by atoms with Gasteiger partial charge < -0.3 is 4.74 Å². The third-order valence-electron chi connectivity index (χ3n) is 4.42. The molecule has 8 heteroatoms. The predicted molar refractivity (Wildman–Crippen MR) is 109 cm³/mol. The number of thioether (sulfide) groups is 1. The summed E-state index contributed by atoms with van der Waals surface area (Å²) < 4.78 is 32.2. The predicted octanol–water partition coefficient (Wildman–Crippen LogP) is 3.68. The summed E-state index contributed by atoms with van der Waals surface area (Å²) in [6.45, 7) is 0.849. The van der Waals surface area contributed by atoms with Crippen LogP contribution in [-0.2, 0) is 19.6 Å². The van der Waals surface area contributed by atoms with E-state index >= 15 is 0 Å². The molecule has 3 rings (SSSR count). The van der Waals surface area contributed by atoms with Crippen LogP contribution in [0.25, 0.3) is 11.1 Å². The van der Waals surface area contributed by atoms with Gasteiger partial charge in [-0.05, 0) is 41.8 Å². The molecule has 1 aliphatic heterocycles. The van der Waals surface area contributed by atoms with Crippen LogP contribution in [0.2, 0.25) is 5.02 Å². The van der Waals surface area contributed by atoms with Crippen molar-refractivity contribution in [2.75, 3.05) is 26.0 Å². The highest BCUT2D eigenvalue weighted by Crippen LogP contribution is 2.30. The van der Waals surface area contributed by atoms with Crippen LogP contribution in [0.1, 0.15) is 6.42 Å². The molecule has 2 aromatic carbocycles. The van der Waals surface area contributed by atoms with Gasteiger partial charge in [0.05, 0.1) is 17.8 Å². The van der Waals surface area contributed by atoms with Gasteiger partial charge in [0.2, 0.25) is 10.0 Å². The molecule has 0 saturated carbocycles. The molecule has 27 heavy (non-hydrogen) atoms. The lowest BCUT2D eigenvalue weighted by Crippen LogP contribution is -2.29. The van der Waals surface area contributed by atoms with Crippen LogP contribution in [-0.4, -0.2) is 49.9 Å². The van der Waals surface area contributed by atoms with E-state index in [4.69, 9.17) is 11.6 Å². The van der Waals surface area contributed by atoms with Crippen LogP contribution >= 0.6 is 23.4 Å². The van der Waals surface area contributed by atoms with Crippen LogP contribution < -0.4 is 0 Å². The number of hydrogen-bond acceptors (Lipinski definition) is 5. The topological polar surface area (TPSA) is 63.7 Å². The second-order valence-electron chi connectivity index (χ2n) is 6.20. The lowest BCUT2D eigenvalue weighted by atomic mass is 10.1. The number of hydrogen-bond donors (Lipinski definition) is 0. The van der Waals surface area contributed by atoms with E-state index in [2.05, 4.69) is 4.74 Å². The van der Waals surface area contributed by atoms with E-state index in [-0.39, 0.29) is 21.9 Å². The fourth-order valence-electron chi connectivity index (χ4n) is 2.92. The second kappa shape index (κ2) is 8.65. The molecular formula is C19H20ClNO4S2. The highest BCUT2D eigenvalue weighted by atomic mass is 35.5. The Morgan fingerprint density at radius 3 is 2.67 bits per heavy atom. The Bertz CT molecular complexity index is 916. The van der Waals surface area contributed by atoms with Crippen LogP contribution in [0.5, 0.6) is 0 Å². The van der Waals surface area contributed by atoms with Gasteiger partial charge in [0.15, 0.2) is 0 Å². The summed E-state index contributed by atoms with van der Waals surface area (Å²) in [6.07, 6.45) is 0.720. The standard InChI is InChI=1S/C19H20ClNO4S2/c1-25-19(22)13-26-17-9-10-21(12-17)27(23,24)18-4-2-3-15(11-18)14-5-7-16(20)8-6-14/h2-8,11,17H,9-10,12-13H2,1H3/t17-/m0/s1. The van der Waals surface area contributed by atoms with Gasteiger partial charge in [-0.1, -0.05) is 35.9 Å². The van der Waals surface area contributed by atoms with Gasteiger partial charge in [0, 0.05) is 23.4 Å². The lowest BCUT2D eigenvalue weighted by Gasteiger charge is -2.17. The first kappa shape index (κ1) is 20.2. The zero-order valence-electron chi connectivity index (χ0n) is 14.8. The number of halogens is 1. The minimum Gasteiger partial charge on any atom is -0.468 e. The number of benzene rings is 2. The fourth-order valence-corrected chi connectivity index (χ4v) is 5.74. The van der Waals surface area contributed by atoms with Crippen LogP contribution in [0.4, 0.5) is 0 Å². The Balaban J connectivity index is 1.75. The molecule has 0 aromatic heterocycles. The van der Waals surface area contributed by atoms with E-state index in [1.807, 2.05) is 18.2 Å². The molecule has 1 aliphatic rings. The summed E-state index contributed by atoms with van der Waals surface area (Å²) in [5, 5.41) is 0.730. The minimum absolute atomic E-state index is 0.0957. The van der Waals surface area contributed by atoms with Gasteiger partial charge in [0.1, 0.15) is 0 Å². The number of ether oxygens (including phenoxy) is 1. The summed E-state index contributed by atoms with van der Waals surface area (Å²) in [5.41, 5.74) is 1.73. The summed E-state index contributed by atoms with van der Waals surface area (Å²) >= 11 is 7.36. The van der Waals surface area contributed by atoms with Crippen molar-refractivity contribution in [1.82, 2.24) is 4.31 Å². The molecule has 1 fully saturated rings. The van der Waals surface area contributed by atoms with Crippen molar-refractivity contribution in [1.29, 1.82) is 0 Å². The maximum atomic E-state index is 13.0. The van der Waals surface area contributed by atoms with Crippen molar-refractivity contribution in [3.8, 4) is 11.1 Å². The summed E-state index contributed by atoms with van der Waals surface area (Å²) in [7, 11) is -2.23. The van der Waals surface area contributed by atoms with Crippen molar-refractivity contribution in [2.24, 2.45) is 0 Å². The van der Waals surface area contributed by atoms with Crippen LogP contribution in [0.15, 0.2) is 53.4 Å². The van der Waals surface area contributed by atoms with Gasteiger partial charge in [-0.3, -0.25) is 4.79 Å². The third kappa shape index (κ3) is 4.85. The number of carbonyl (C=O) groups is 1. The molecule has 0 unspecified atom stereocenters. The van der Waals surface area contributed by atoms with Crippen molar-refractivity contribution >= 4 is 39.4 Å². The van der Waals surface area contributed by atoms with Crippen molar-refractivity contribution in [3.63, 3.8) is 0 Å². The SMILES string of the molecule is COC(=O)CS[C@H]1CCN(S(=O)(=O)c2cccc(-c3ccc(Cl)cc3)c2)C1. The van der Waals surface area contributed by atoms with Crippen molar-refractivity contribution in [3.05, 3.63) is 53.6 Å². The molecule has 5 nitrogen and oxygen atoms in total. The van der Waals surface area contributed by atoms with Gasteiger partial charge in [0.25, 0.3) is 0 Å². The first-order valence-electron chi connectivity index (χ1n) is 8.45. The number of nitrogens with zero attached hydrogens (tertiary/aromatic N) is 1. The largest absolute Gasteiger partial charge is 0.468 e. The summed E-state index contributed by atoms with van der Waals surface area (Å²) in [6, 6.07) is 14.2. The number of esters is 1. The first-order valence-corrected chi connectivity index (χ1v) is 11.3. The quantitative estimate of drug-likeness (QED) is 0.660. The number of sulfonamides is 1. The van der Waals surface area contributed by atoms with E-state index in [1.54, 1.807) is 30.3 Å².